The summed E-state index contributed by atoms with van der Waals surface area (Å²) in [6, 6.07) is 16.9. The van der Waals surface area contributed by atoms with Crippen LogP contribution in [0.25, 0.3) is 17.1 Å². The third kappa shape index (κ3) is 7.28. The summed E-state index contributed by atoms with van der Waals surface area (Å²) >= 11 is 0. The van der Waals surface area contributed by atoms with E-state index in [0.29, 0.717) is 30.9 Å². The van der Waals surface area contributed by atoms with E-state index in [1.165, 1.54) is 37.2 Å². The van der Waals surface area contributed by atoms with Gasteiger partial charge in [-0.2, -0.15) is 10.1 Å². The summed E-state index contributed by atoms with van der Waals surface area (Å²) in [6.45, 7) is 10.1. The third-order valence-electron chi connectivity index (χ3n) is 8.94. The number of methoxy groups -OCH3 is 1. The number of hydrogen-bond acceptors (Lipinski definition) is 10. The lowest BCUT2D eigenvalue weighted by Crippen LogP contribution is -2.52. The van der Waals surface area contributed by atoms with Crippen molar-refractivity contribution in [2.45, 2.75) is 32.4 Å². The molecule has 3 N–H and O–H groups in total. The van der Waals surface area contributed by atoms with Gasteiger partial charge in [0.15, 0.2) is 5.82 Å². The van der Waals surface area contributed by atoms with E-state index in [1.54, 1.807) is 18.0 Å². The molecule has 4 heterocycles. The van der Waals surface area contributed by atoms with E-state index < -0.39 is 0 Å². The van der Waals surface area contributed by atoms with Crippen molar-refractivity contribution < 1.29 is 9.84 Å². The quantitative estimate of drug-likeness (QED) is 0.218. The topological polar surface area (TPSA) is 107 Å². The lowest BCUT2D eigenvalue weighted by atomic mass is 10.0. The zero-order valence-corrected chi connectivity index (χ0v) is 26.6. The molecular formula is C34H45N9O2. The van der Waals surface area contributed by atoms with Gasteiger partial charge in [0.1, 0.15) is 5.75 Å². The highest BCUT2D eigenvalue weighted by Crippen LogP contribution is 2.36. The Bertz CT molecular complexity index is 1540. The van der Waals surface area contributed by atoms with Crippen LogP contribution in [-0.4, -0.2) is 107 Å². The Balaban J connectivity index is 1.18. The van der Waals surface area contributed by atoms with Gasteiger partial charge in [-0.05, 0) is 38.4 Å². The Hall–Kier alpha value is -4.03. The van der Waals surface area contributed by atoms with Crippen molar-refractivity contribution >= 4 is 17.3 Å². The fourth-order valence-electron chi connectivity index (χ4n) is 6.40. The summed E-state index contributed by atoms with van der Waals surface area (Å²) in [6.07, 6.45) is 6.08. The highest BCUT2D eigenvalue weighted by atomic mass is 16.5. The molecule has 0 amide bonds. The summed E-state index contributed by atoms with van der Waals surface area (Å²) in [4.78, 5) is 16.9. The molecular weight excluding hydrogens is 566 g/mol. The Kier molecular flexibility index (Phi) is 9.90. The smallest absolute Gasteiger partial charge is 0.229 e. The van der Waals surface area contributed by atoms with Crippen LogP contribution in [0.3, 0.4) is 0 Å². The normalized spacial score (nSPS) is 16.7. The van der Waals surface area contributed by atoms with Crippen molar-refractivity contribution in [3.8, 4) is 22.8 Å². The van der Waals surface area contributed by atoms with Crippen molar-refractivity contribution in [1.29, 1.82) is 0 Å². The number of aryl methyl sites for hydroxylation is 1. The van der Waals surface area contributed by atoms with Gasteiger partial charge < -0.3 is 30.3 Å². The lowest BCUT2D eigenvalue weighted by molar-refractivity contribution is 0.0982. The molecule has 0 bridgehead atoms. The number of hydrogen-bond donors (Lipinski definition) is 3. The zero-order valence-electron chi connectivity index (χ0n) is 26.6. The average Bonchev–Trinajstić information content (AvgIpc) is 3.50. The van der Waals surface area contributed by atoms with Gasteiger partial charge >= 0.3 is 0 Å². The minimum Gasteiger partial charge on any atom is -0.494 e. The largest absolute Gasteiger partial charge is 0.494 e. The number of aliphatic hydroxyl groups is 1. The molecule has 2 aliphatic rings. The molecule has 4 aromatic rings. The molecule has 0 spiro atoms. The summed E-state index contributed by atoms with van der Waals surface area (Å²) in [5, 5.41) is 20.8. The number of benzene rings is 2. The average molecular weight is 612 g/mol. The monoisotopic (exact) mass is 611 g/mol. The number of piperazine rings is 1. The molecule has 2 fully saturated rings. The Morgan fingerprint density at radius 1 is 1.00 bits per heavy atom. The van der Waals surface area contributed by atoms with E-state index in [0.717, 1.165) is 54.4 Å². The SMILES string of the molecule is COc1cc(N2CCC(N3CCN(C)CC3)CC2)c(C)cc1Nc1nccc(-n2cc(CNCCO)c(-c3ccccc3)n2)n1. The highest BCUT2D eigenvalue weighted by Gasteiger charge is 2.27. The standard InChI is InChI=1S/C34H45N9O2/c1-25-21-29(31(45-3)22-30(25)42-14-10-28(11-15-42)41-18-16-40(2)17-19-41)37-34-36-12-9-32(38-34)43-24-27(23-35-13-20-44)33(39-43)26-7-5-4-6-8-26/h4-9,12,21-22,24,28,35,44H,10-11,13-20,23H2,1-3H3,(H,36,37,38). The number of anilines is 3. The van der Waals surface area contributed by atoms with Crippen LogP contribution in [0.4, 0.5) is 17.3 Å². The molecule has 2 saturated heterocycles. The van der Waals surface area contributed by atoms with Crippen LogP contribution in [0.2, 0.25) is 0 Å². The van der Waals surface area contributed by atoms with E-state index >= 15 is 0 Å². The highest BCUT2D eigenvalue weighted by molar-refractivity contribution is 5.71. The zero-order chi connectivity index (χ0) is 31.2. The summed E-state index contributed by atoms with van der Waals surface area (Å²) < 4.78 is 7.64. The van der Waals surface area contributed by atoms with Crippen LogP contribution in [0.15, 0.2) is 60.9 Å². The van der Waals surface area contributed by atoms with E-state index in [9.17, 15) is 5.11 Å². The molecule has 0 unspecified atom stereocenters. The maximum atomic E-state index is 9.24. The number of nitrogens with one attached hydrogen (secondary N) is 2. The van der Waals surface area contributed by atoms with E-state index in [4.69, 9.17) is 14.8 Å². The van der Waals surface area contributed by atoms with Crippen LogP contribution in [-0.2, 0) is 6.54 Å². The van der Waals surface area contributed by atoms with Gasteiger partial charge in [-0.3, -0.25) is 4.90 Å². The molecule has 2 aliphatic heterocycles. The van der Waals surface area contributed by atoms with Gasteiger partial charge in [0.2, 0.25) is 5.95 Å². The number of rotatable bonds is 11. The number of likely N-dealkylation sites (N-methyl/N-ethyl adjacent to an activating group) is 1. The molecule has 0 atom stereocenters. The second-order valence-electron chi connectivity index (χ2n) is 12.0. The van der Waals surface area contributed by atoms with Gasteiger partial charge in [0, 0.05) is 99.7 Å². The van der Waals surface area contributed by atoms with Crippen LogP contribution < -0.4 is 20.3 Å². The van der Waals surface area contributed by atoms with Crippen molar-refractivity contribution in [3.05, 3.63) is 72.1 Å². The van der Waals surface area contributed by atoms with E-state index in [2.05, 4.69) is 56.4 Å². The van der Waals surface area contributed by atoms with Crippen molar-refractivity contribution in [3.63, 3.8) is 0 Å². The molecule has 0 aliphatic carbocycles. The molecule has 2 aromatic carbocycles. The molecule has 2 aromatic heterocycles. The van der Waals surface area contributed by atoms with Crippen LogP contribution in [0.5, 0.6) is 5.75 Å². The Labute approximate surface area is 265 Å². The molecule has 0 radical (unpaired) electrons. The first-order chi connectivity index (χ1) is 22.0. The maximum absolute atomic E-state index is 9.24. The molecule has 238 valence electrons. The van der Waals surface area contributed by atoms with Gasteiger partial charge in [-0.1, -0.05) is 30.3 Å². The fraction of sp³-hybridized carbons (Fsp3) is 0.441. The molecule has 6 rings (SSSR count). The Morgan fingerprint density at radius 3 is 2.51 bits per heavy atom. The first-order valence-corrected chi connectivity index (χ1v) is 15.9. The number of piperidine rings is 1. The summed E-state index contributed by atoms with van der Waals surface area (Å²) in [5.41, 5.74) is 6.14. The maximum Gasteiger partial charge on any atom is 0.229 e. The van der Waals surface area contributed by atoms with Gasteiger partial charge in [0.05, 0.1) is 25.1 Å². The first kappa shape index (κ1) is 31.0. The summed E-state index contributed by atoms with van der Waals surface area (Å²) in [5.74, 6) is 1.87. The predicted octanol–water partition coefficient (Wildman–Crippen LogP) is 3.69. The predicted molar refractivity (Wildman–Crippen MR) is 179 cm³/mol. The van der Waals surface area contributed by atoms with E-state index in [1.807, 2.05) is 42.6 Å². The number of nitrogens with zero attached hydrogens (tertiary/aromatic N) is 7. The lowest BCUT2D eigenvalue weighted by Gasteiger charge is -2.43. The van der Waals surface area contributed by atoms with Crippen LogP contribution >= 0.6 is 0 Å². The molecule has 0 saturated carbocycles. The second-order valence-corrected chi connectivity index (χ2v) is 12.0. The summed E-state index contributed by atoms with van der Waals surface area (Å²) in [7, 11) is 3.92. The number of aliphatic hydroxyl groups excluding tert-OH is 1. The third-order valence-corrected chi connectivity index (χ3v) is 8.94. The minimum atomic E-state index is 0.0784. The van der Waals surface area contributed by atoms with Crippen molar-refractivity contribution in [2.24, 2.45) is 0 Å². The number of aromatic nitrogens is 4. The first-order valence-electron chi connectivity index (χ1n) is 15.9. The second kappa shape index (κ2) is 14.4. The van der Waals surface area contributed by atoms with Crippen molar-refractivity contribution in [2.75, 3.05) is 76.8 Å². The van der Waals surface area contributed by atoms with Crippen LogP contribution in [0, 0.1) is 6.92 Å². The minimum absolute atomic E-state index is 0.0784. The van der Waals surface area contributed by atoms with Gasteiger partial charge in [-0.15, -0.1) is 0 Å². The Morgan fingerprint density at radius 2 is 1.78 bits per heavy atom. The fourth-order valence-corrected chi connectivity index (χ4v) is 6.40. The molecule has 11 heteroatoms. The van der Waals surface area contributed by atoms with Crippen molar-refractivity contribution in [1.82, 2.24) is 34.9 Å². The molecule has 45 heavy (non-hydrogen) atoms. The van der Waals surface area contributed by atoms with Gasteiger partial charge in [-0.25, -0.2) is 9.67 Å². The van der Waals surface area contributed by atoms with E-state index in [-0.39, 0.29) is 6.61 Å². The molecule has 11 nitrogen and oxygen atoms in total. The van der Waals surface area contributed by atoms with Crippen LogP contribution in [0.1, 0.15) is 24.0 Å². The van der Waals surface area contributed by atoms with Gasteiger partial charge in [0.25, 0.3) is 0 Å². The number of ether oxygens (including phenoxy) is 1.